The van der Waals surface area contributed by atoms with E-state index in [1.807, 2.05) is 24.6 Å². The summed E-state index contributed by atoms with van der Waals surface area (Å²) in [6.45, 7) is 1.56. The van der Waals surface area contributed by atoms with E-state index in [-0.39, 0.29) is 5.82 Å². The van der Waals surface area contributed by atoms with Crippen LogP contribution in [0.2, 0.25) is 0 Å². The SMILES string of the molecule is CN(CCCc1nc(CCl)cs1)Cc1ccccc1F. The average Bonchev–Trinajstić information content (AvgIpc) is 2.89. The van der Waals surface area contributed by atoms with Gasteiger partial charge in [-0.15, -0.1) is 22.9 Å². The molecule has 0 aliphatic heterocycles. The van der Waals surface area contributed by atoms with Gasteiger partial charge >= 0.3 is 0 Å². The molecule has 5 heteroatoms. The largest absolute Gasteiger partial charge is 0.302 e. The van der Waals surface area contributed by atoms with Crippen LogP contribution in [0.15, 0.2) is 29.6 Å². The third-order valence-electron chi connectivity index (χ3n) is 3.06. The zero-order valence-electron chi connectivity index (χ0n) is 11.5. The lowest BCUT2D eigenvalue weighted by Crippen LogP contribution is -2.20. The smallest absolute Gasteiger partial charge is 0.127 e. The van der Waals surface area contributed by atoms with Gasteiger partial charge in [0.05, 0.1) is 16.6 Å². The first-order valence-electron chi connectivity index (χ1n) is 6.60. The number of rotatable bonds is 7. The van der Waals surface area contributed by atoms with Crippen molar-refractivity contribution < 1.29 is 4.39 Å². The quantitative estimate of drug-likeness (QED) is 0.716. The molecule has 2 rings (SSSR count). The Bertz CT molecular complexity index is 544. The van der Waals surface area contributed by atoms with Crippen LogP contribution in [0.5, 0.6) is 0 Å². The second-order valence-electron chi connectivity index (χ2n) is 4.80. The fraction of sp³-hybridized carbons (Fsp3) is 0.400. The highest BCUT2D eigenvalue weighted by molar-refractivity contribution is 7.09. The number of aromatic nitrogens is 1. The Hall–Kier alpha value is -0.970. The van der Waals surface area contributed by atoms with Crippen LogP contribution < -0.4 is 0 Å². The van der Waals surface area contributed by atoms with Crippen molar-refractivity contribution in [3.05, 3.63) is 51.7 Å². The van der Waals surface area contributed by atoms with E-state index in [1.165, 1.54) is 6.07 Å². The van der Waals surface area contributed by atoms with Gasteiger partial charge in [0.2, 0.25) is 0 Å². The van der Waals surface area contributed by atoms with Crippen molar-refractivity contribution in [3.8, 4) is 0 Å². The maximum atomic E-state index is 13.5. The Morgan fingerprint density at radius 2 is 2.15 bits per heavy atom. The Kier molecular flexibility index (Phi) is 5.95. The summed E-state index contributed by atoms with van der Waals surface area (Å²) in [6.07, 6.45) is 1.96. The monoisotopic (exact) mass is 312 g/mol. The number of alkyl halides is 1. The molecule has 0 atom stereocenters. The summed E-state index contributed by atoms with van der Waals surface area (Å²) in [5.41, 5.74) is 1.69. The van der Waals surface area contributed by atoms with Crippen molar-refractivity contribution in [3.63, 3.8) is 0 Å². The van der Waals surface area contributed by atoms with Gasteiger partial charge in [0.15, 0.2) is 0 Å². The number of aryl methyl sites for hydroxylation is 1. The summed E-state index contributed by atoms with van der Waals surface area (Å²) in [7, 11) is 2.01. The number of nitrogens with zero attached hydrogens (tertiary/aromatic N) is 2. The normalized spacial score (nSPS) is 11.2. The molecule has 0 amide bonds. The van der Waals surface area contributed by atoms with E-state index in [4.69, 9.17) is 11.6 Å². The van der Waals surface area contributed by atoms with E-state index >= 15 is 0 Å². The van der Waals surface area contributed by atoms with Gasteiger partial charge < -0.3 is 4.90 Å². The molecule has 0 saturated carbocycles. The van der Waals surface area contributed by atoms with Crippen molar-refractivity contribution in [2.75, 3.05) is 13.6 Å². The van der Waals surface area contributed by atoms with Crippen LogP contribution in [0.25, 0.3) is 0 Å². The second kappa shape index (κ2) is 7.72. The maximum Gasteiger partial charge on any atom is 0.127 e. The van der Waals surface area contributed by atoms with Crippen LogP contribution in [0, 0.1) is 5.82 Å². The fourth-order valence-corrected chi connectivity index (χ4v) is 3.09. The summed E-state index contributed by atoms with van der Waals surface area (Å²) in [5.74, 6) is 0.343. The highest BCUT2D eigenvalue weighted by atomic mass is 35.5. The lowest BCUT2D eigenvalue weighted by molar-refractivity contribution is 0.317. The molecule has 108 valence electrons. The minimum atomic E-state index is -0.133. The average molecular weight is 313 g/mol. The minimum Gasteiger partial charge on any atom is -0.302 e. The third kappa shape index (κ3) is 4.54. The molecule has 0 unspecified atom stereocenters. The van der Waals surface area contributed by atoms with Gasteiger partial charge in [-0.1, -0.05) is 18.2 Å². The molecule has 0 radical (unpaired) electrons. The van der Waals surface area contributed by atoms with Gasteiger partial charge in [-0.25, -0.2) is 9.37 Å². The first-order valence-corrected chi connectivity index (χ1v) is 8.01. The Labute approximate surface area is 128 Å². The molecule has 1 aromatic heterocycles. The number of benzene rings is 1. The van der Waals surface area contributed by atoms with Crippen LogP contribution in [0.1, 0.15) is 22.7 Å². The van der Waals surface area contributed by atoms with Crippen LogP contribution in [0.3, 0.4) is 0 Å². The summed E-state index contributed by atoms with van der Waals surface area (Å²) in [5, 5.41) is 3.13. The highest BCUT2D eigenvalue weighted by Crippen LogP contribution is 2.14. The molecule has 0 aliphatic rings. The molecule has 0 spiro atoms. The summed E-state index contributed by atoms with van der Waals surface area (Å²) < 4.78 is 13.5. The van der Waals surface area contributed by atoms with Gasteiger partial charge in [0.1, 0.15) is 5.82 Å². The molecule has 0 fully saturated rings. The lowest BCUT2D eigenvalue weighted by atomic mass is 10.2. The van der Waals surface area contributed by atoms with Crippen molar-refractivity contribution in [1.29, 1.82) is 0 Å². The lowest BCUT2D eigenvalue weighted by Gasteiger charge is -2.16. The molecular weight excluding hydrogens is 295 g/mol. The predicted molar refractivity (Wildman–Crippen MR) is 82.7 cm³/mol. The summed E-state index contributed by atoms with van der Waals surface area (Å²) >= 11 is 7.39. The van der Waals surface area contributed by atoms with Gasteiger partial charge in [-0.2, -0.15) is 0 Å². The maximum absolute atomic E-state index is 13.5. The van der Waals surface area contributed by atoms with Crippen molar-refractivity contribution in [1.82, 2.24) is 9.88 Å². The first kappa shape index (κ1) is 15.4. The van der Waals surface area contributed by atoms with Crippen LogP contribution in [-0.4, -0.2) is 23.5 Å². The molecule has 1 aromatic carbocycles. The third-order valence-corrected chi connectivity index (χ3v) is 4.30. The van der Waals surface area contributed by atoms with Gasteiger partial charge in [-0.05, 0) is 26.1 Å². The molecule has 0 aliphatic carbocycles. The van der Waals surface area contributed by atoms with Gasteiger partial charge in [0, 0.05) is 23.9 Å². The minimum absolute atomic E-state index is 0.133. The first-order chi connectivity index (χ1) is 9.69. The Morgan fingerprint density at radius 1 is 1.35 bits per heavy atom. The molecule has 0 saturated heterocycles. The predicted octanol–water partition coefficient (Wildman–Crippen LogP) is 4.09. The van der Waals surface area contributed by atoms with Crippen molar-refractivity contribution >= 4 is 22.9 Å². The number of thiazole rings is 1. The molecule has 20 heavy (non-hydrogen) atoms. The van der Waals surface area contributed by atoms with E-state index < -0.39 is 0 Å². The number of hydrogen-bond acceptors (Lipinski definition) is 3. The highest BCUT2D eigenvalue weighted by Gasteiger charge is 2.06. The van der Waals surface area contributed by atoms with Crippen LogP contribution in [0.4, 0.5) is 4.39 Å². The Morgan fingerprint density at radius 3 is 2.85 bits per heavy atom. The zero-order chi connectivity index (χ0) is 14.4. The summed E-state index contributed by atoms with van der Waals surface area (Å²) in [4.78, 5) is 6.57. The van der Waals surface area contributed by atoms with Gasteiger partial charge in [-0.3, -0.25) is 0 Å². The van der Waals surface area contributed by atoms with E-state index in [9.17, 15) is 4.39 Å². The van der Waals surface area contributed by atoms with E-state index in [1.54, 1.807) is 17.4 Å². The van der Waals surface area contributed by atoms with Crippen molar-refractivity contribution in [2.45, 2.75) is 25.3 Å². The van der Waals surface area contributed by atoms with E-state index in [0.29, 0.717) is 12.4 Å². The molecular formula is C15H18ClFN2S. The fourth-order valence-electron chi connectivity index (χ4n) is 2.02. The Balaban J connectivity index is 1.75. The molecule has 0 bridgehead atoms. The van der Waals surface area contributed by atoms with E-state index in [0.717, 1.165) is 35.7 Å². The molecule has 2 aromatic rings. The van der Waals surface area contributed by atoms with Crippen LogP contribution >= 0.6 is 22.9 Å². The second-order valence-corrected chi connectivity index (χ2v) is 6.01. The molecule has 2 nitrogen and oxygen atoms in total. The zero-order valence-corrected chi connectivity index (χ0v) is 13.1. The number of hydrogen-bond donors (Lipinski definition) is 0. The molecule has 0 N–H and O–H groups in total. The number of halogens is 2. The standard InChI is InChI=1S/C15H18ClFN2S/c1-19(10-12-5-2-3-6-14(12)17)8-4-7-15-18-13(9-16)11-20-15/h2-3,5-6,11H,4,7-10H2,1H3. The summed E-state index contributed by atoms with van der Waals surface area (Å²) in [6, 6.07) is 6.93. The topological polar surface area (TPSA) is 16.1 Å². The molecule has 1 heterocycles. The van der Waals surface area contributed by atoms with Crippen molar-refractivity contribution in [2.24, 2.45) is 0 Å². The van der Waals surface area contributed by atoms with Gasteiger partial charge in [0.25, 0.3) is 0 Å². The van der Waals surface area contributed by atoms with Crippen LogP contribution in [-0.2, 0) is 18.8 Å². The van der Waals surface area contributed by atoms with E-state index in [2.05, 4.69) is 9.88 Å².